The summed E-state index contributed by atoms with van der Waals surface area (Å²) in [6.45, 7) is 2.38. The van der Waals surface area contributed by atoms with Crippen molar-refractivity contribution in [1.29, 1.82) is 0 Å². The highest BCUT2D eigenvalue weighted by molar-refractivity contribution is 6.32. The Kier molecular flexibility index (Phi) is 6.00. The van der Waals surface area contributed by atoms with Crippen molar-refractivity contribution in [3.63, 3.8) is 0 Å². The van der Waals surface area contributed by atoms with Gasteiger partial charge >= 0.3 is 0 Å². The van der Waals surface area contributed by atoms with Gasteiger partial charge in [0.15, 0.2) is 11.4 Å². The highest BCUT2D eigenvalue weighted by Gasteiger charge is 2.18. The quantitative estimate of drug-likeness (QED) is 0.435. The van der Waals surface area contributed by atoms with Gasteiger partial charge in [-0.3, -0.25) is 9.59 Å². The second-order valence-corrected chi connectivity index (χ2v) is 7.31. The third-order valence-electron chi connectivity index (χ3n) is 4.71. The Morgan fingerprint density at radius 1 is 0.968 bits per heavy atom. The summed E-state index contributed by atoms with van der Waals surface area (Å²) in [4.78, 5) is 25.9. The predicted octanol–water partition coefficient (Wildman–Crippen LogP) is 5.50. The van der Waals surface area contributed by atoms with Gasteiger partial charge < -0.3 is 10.1 Å². The number of aromatic nitrogens is 2. The van der Waals surface area contributed by atoms with E-state index in [1.54, 1.807) is 60.7 Å². The lowest BCUT2D eigenvalue weighted by molar-refractivity contribution is 0.102. The number of carbonyl (C=O) groups excluding carboxylic acids is 1. The zero-order valence-electron chi connectivity index (χ0n) is 16.8. The standard InChI is InChI=1S/C24H20ClN3O3/c1-2-15-28-24(30)17-10-4-3-9-16(17)22(27-28)23(29)26-19-12-6-8-14-21(19)31-20-13-7-5-11-18(20)25/h3-14H,2,15H2,1H3,(H,26,29). The fraction of sp³-hybridized carbons (Fsp3) is 0.125. The Balaban J connectivity index is 1.71. The minimum absolute atomic E-state index is 0.177. The number of nitrogens with one attached hydrogen (secondary N) is 1. The molecule has 156 valence electrons. The van der Waals surface area contributed by atoms with Crippen molar-refractivity contribution in [1.82, 2.24) is 9.78 Å². The molecular formula is C24H20ClN3O3. The molecule has 3 aromatic carbocycles. The number of aryl methyl sites for hydroxylation is 1. The summed E-state index contributed by atoms with van der Waals surface area (Å²) in [6.07, 6.45) is 0.723. The van der Waals surface area contributed by atoms with Crippen LogP contribution in [0.3, 0.4) is 0 Å². The summed E-state index contributed by atoms with van der Waals surface area (Å²) < 4.78 is 7.26. The van der Waals surface area contributed by atoms with Crippen LogP contribution in [0.25, 0.3) is 10.8 Å². The minimum Gasteiger partial charge on any atom is -0.454 e. The summed E-state index contributed by atoms with van der Waals surface area (Å²) in [6, 6.07) is 21.1. The molecule has 0 fully saturated rings. The van der Waals surface area contributed by atoms with Gasteiger partial charge in [0, 0.05) is 11.9 Å². The zero-order valence-corrected chi connectivity index (χ0v) is 17.6. The normalized spacial score (nSPS) is 10.8. The maximum atomic E-state index is 13.2. The second kappa shape index (κ2) is 9.02. The van der Waals surface area contributed by atoms with Gasteiger partial charge in [-0.15, -0.1) is 0 Å². The van der Waals surface area contributed by atoms with E-state index in [-0.39, 0.29) is 11.3 Å². The molecule has 0 radical (unpaired) electrons. The molecule has 0 spiro atoms. The topological polar surface area (TPSA) is 73.2 Å². The van der Waals surface area contributed by atoms with Gasteiger partial charge in [0.1, 0.15) is 5.75 Å². The fourth-order valence-electron chi connectivity index (χ4n) is 3.25. The molecule has 0 saturated heterocycles. The van der Waals surface area contributed by atoms with Gasteiger partial charge in [-0.1, -0.05) is 61.0 Å². The summed E-state index contributed by atoms with van der Waals surface area (Å²) in [7, 11) is 0. The molecule has 4 rings (SSSR count). The Hall–Kier alpha value is -3.64. The lowest BCUT2D eigenvalue weighted by atomic mass is 10.1. The van der Waals surface area contributed by atoms with E-state index in [1.165, 1.54) is 4.68 Å². The molecule has 1 amide bonds. The van der Waals surface area contributed by atoms with Gasteiger partial charge in [-0.05, 0) is 36.8 Å². The van der Waals surface area contributed by atoms with Gasteiger partial charge in [-0.25, -0.2) is 4.68 Å². The Morgan fingerprint density at radius 2 is 1.61 bits per heavy atom. The van der Waals surface area contributed by atoms with Crippen LogP contribution in [-0.2, 0) is 6.54 Å². The number of anilines is 1. The number of ether oxygens (including phenoxy) is 1. The van der Waals surface area contributed by atoms with Crippen LogP contribution in [-0.4, -0.2) is 15.7 Å². The molecular weight excluding hydrogens is 414 g/mol. The van der Waals surface area contributed by atoms with Crippen LogP contribution in [0, 0.1) is 0 Å². The molecule has 0 aliphatic carbocycles. The van der Waals surface area contributed by atoms with E-state index < -0.39 is 5.91 Å². The molecule has 1 aromatic heterocycles. The summed E-state index contributed by atoms with van der Waals surface area (Å²) >= 11 is 6.20. The van der Waals surface area contributed by atoms with Gasteiger partial charge in [0.05, 0.1) is 16.1 Å². The predicted molar refractivity (Wildman–Crippen MR) is 122 cm³/mol. The number of amides is 1. The fourth-order valence-corrected chi connectivity index (χ4v) is 3.43. The Labute approximate surface area is 184 Å². The van der Waals surface area contributed by atoms with Crippen LogP contribution in [0.4, 0.5) is 5.69 Å². The number of hydrogen-bond donors (Lipinski definition) is 1. The third kappa shape index (κ3) is 4.29. The maximum Gasteiger partial charge on any atom is 0.276 e. The first-order valence-electron chi connectivity index (χ1n) is 9.91. The van der Waals surface area contributed by atoms with E-state index in [4.69, 9.17) is 16.3 Å². The van der Waals surface area contributed by atoms with E-state index in [0.717, 1.165) is 6.42 Å². The van der Waals surface area contributed by atoms with Crippen LogP contribution in [0.15, 0.2) is 77.6 Å². The number of rotatable bonds is 6. The van der Waals surface area contributed by atoms with Crippen molar-refractivity contribution in [2.24, 2.45) is 0 Å². The Bertz CT molecular complexity index is 1320. The zero-order chi connectivity index (χ0) is 21.8. The highest BCUT2D eigenvalue weighted by atomic mass is 35.5. The molecule has 0 aliphatic rings. The summed E-state index contributed by atoms with van der Waals surface area (Å²) in [5.41, 5.74) is 0.430. The van der Waals surface area contributed by atoms with Crippen LogP contribution in [0.2, 0.25) is 5.02 Å². The average Bonchev–Trinajstić information content (AvgIpc) is 2.78. The first-order chi connectivity index (χ1) is 15.1. The molecule has 0 unspecified atom stereocenters. The second-order valence-electron chi connectivity index (χ2n) is 6.91. The number of halogens is 1. The largest absolute Gasteiger partial charge is 0.454 e. The SMILES string of the molecule is CCCn1nc(C(=O)Nc2ccccc2Oc2ccccc2Cl)c2ccccc2c1=O. The molecule has 4 aromatic rings. The van der Waals surface area contributed by atoms with Crippen LogP contribution in [0.5, 0.6) is 11.5 Å². The van der Waals surface area contributed by atoms with Crippen molar-refractivity contribution >= 4 is 34.0 Å². The maximum absolute atomic E-state index is 13.2. The van der Waals surface area contributed by atoms with Crippen LogP contribution in [0.1, 0.15) is 23.8 Å². The number of para-hydroxylation sites is 3. The van der Waals surface area contributed by atoms with E-state index in [1.807, 2.05) is 19.1 Å². The lowest BCUT2D eigenvalue weighted by Crippen LogP contribution is -2.27. The summed E-state index contributed by atoms with van der Waals surface area (Å²) in [5.74, 6) is 0.484. The van der Waals surface area contributed by atoms with Crippen molar-refractivity contribution in [3.8, 4) is 11.5 Å². The van der Waals surface area contributed by atoms with E-state index >= 15 is 0 Å². The van der Waals surface area contributed by atoms with Crippen molar-refractivity contribution in [2.45, 2.75) is 19.9 Å². The molecule has 0 aliphatic heterocycles. The first-order valence-corrected chi connectivity index (χ1v) is 10.3. The molecule has 0 saturated carbocycles. The minimum atomic E-state index is -0.434. The molecule has 6 nitrogen and oxygen atoms in total. The van der Waals surface area contributed by atoms with Gasteiger partial charge in [-0.2, -0.15) is 5.10 Å². The van der Waals surface area contributed by atoms with E-state index in [2.05, 4.69) is 10.4 Å². The number of carbonyl (C=O) groups is 1. The van der Waals surface area contributed by atoms with Gasteiger partial charge in [0.2, 0.25) is 0 Å². The van der Waals surface area contributed by atoms with Crippen LogP contribution < -0.4 is 15.6 Å². The van der Waals surface area contributed by atoms with Crippen LogP contribution >= 0.6 is 11.6 Å². The average molecular weight is 434 g/mol. The number of nitrogens with zero attached hydrogens (tertiary/aromatic N) is 2. The molecule has 0 atom stereocenters. The third-order valence-corrected chi connectivity index (χ3v) is 5.02. The number of hydrogen-bond acceptors (Lipinski definition) is 4. The molecule has 7 heteroatoms. The van der Waals surface area contributed by atoms with Crippen molar-refractivity contribution in [2.75, 3.05) is 5.32 Å². The monoisotopic (exact) mass is 433 g/mol. The lowest BCUT2D eigenvalue weighted by Gasteiger charge is -2.14. The first kappa shape index (κ1) is 20.6. The Morgan fingerprint density at radius 3 is 2.35 bits per heavy atom. The number of fused-ring (bicyclic) bond motifs is 1. The molecule has 1 heterocycles. The molecule has 1 N–H and O–H groups in total. The van der Waals surface area contributed by atoms with Gasteiger partial charge in [0.25, 0.3) is 11.5 Å². The van der Waals surface area contributed by atoms with E-state index in [0.29, 0.717) is 39.5 Å². The molecule has 31 heavy (non-hydrogen) atoms. The van der Waals surface area contributed by atoms with Crippen molar-refractivity contribution < 1.29 is 9.53 Å². The number of benzene rings is 3. The summed E-state index contributed by atoms with van der Waals surface area (Å²) in [5, 5.41) is 8.62. The highest BCUT2D eigenvalue weighted by Crippen LogP contribution is 2.33. The van der Waals surface area contributed by atoms with Crippen molar-refractivity contribution in [3.05, 3.63) is 93.9 Å². The smallest absolute Gasteiger partial charge is 0.276 e. The van der Waals surface area contributed by atoms with E-state index in [9.17, 15) is 9.59 Å². The molecule has 0 bridgehead atoms.